The van der Waals surface area contributed by atoms with Crippen LogP contribution in [-0.4, -0.2) is 11.2 Å². The molecule has 0 saturated carbocycles. The first-order valence-electron chi connectivity index (χ1n) is 8.13. The molecule has 0 unspecified atom stereocenters. The predicted octanol–water partition coefficient (Wildman–Crippen LogP) is 5.07. The van der Waals surface area contributed by atoms with Gasteiger partial charge < -0.3 is 5.32 Å². The minimum atomic E-state index is -0.115. The standard InChI is InChI=1S/C20H25NOS/c1-15(2)14-19(17-10-6-4-7-11-17)21-20(22)16(3)23-18-12-8-5-9-13-18/h4-13,15-16,19H,14H2,1-3H3,(H,21,22)/t16-,19+/m1/s1. The van der Waals surface area contributed by atoms with Crippen molar-refractivity contribution in [1.29, 1.82) is 0 Å². The van der Waals surface area contributed by atoms with E-state index in [-0.39, 0.29) is 17.2 Å². The molecule has 0 spiro atoms. The summed E-state index contributed by atoms with van der Waals surface area (Å²) in [5, 5.41) is 3.11. The molecule has 0 aliphatic heterocycles. The van der Waals surface area contributed by atoms with Crippen LogP contribution in [0.5, 0.6) is 0 Å². The van der Waals surface area contributed by atoms with Crippen LogP contribution in [0.2, 0.25) is 0 Å². The van der Waals surface area contributed by atoms with Crippen LogP contribution >= 0.6 is 11.8 Å². The van der Waals surface area contributed by atoms with Crippen LogP contribution < -0.4 is 5.32 Å². The fraction of sp³-hybridized carbons (Fsp3) is 0.350. The van der Waals surface area contributed by atoms with Crippen molar-refractivity contribution < 1.29 is 4.79 Å². The molecule has 122 valence electrons. The van der Waals surface area contributed by atoms with Crippen molar-refractivity contribution in [3.8, 4) is 0 Å². The third kappa shape index (κ3) is 5.76. The molecule has 2 aromatic rings. The molecule has 0 fully saturated rings. The number of rotatable bonds is 7. The van der Waals surface area contributed by atoms with Crippen LogP contribution in [0.25, 0.3) is 0 Å². The number of nitrogens with one attached hydrogen (secondary N) is 1. The Kier molecular flexibility index (Phi) is 6.72. The number of hydrogen-bond donors (Lipinski definition) is 1. The lowest BCUT2D eigenvalue weighted by Crippen LogP contribution is -2.35. The first-order chi connectivity index (χ1) is 11.1. The molecule has 0 saturated heterocycles. The van der Waals surface area contributed by atoms with Gasteiger partial charge in [0.1, 0.15) is 0 Å². The van der Waals surface area contributed by atoms with Crippen molar-refractivity contribution in [3.05, 3.63) is 66.2 Å². The number of hydrogen-bond acceptors (Lipinski definition) is 2. The van der Waals surface area contributed by atoms with Gasteiger partial charge in [0.15, 0.2) is 0 Å². The lowest BCUT2D eigenvalue weighted by molar-refractivity contribution is -0.121. The van der Waals surface area contributed by atoms with Gasteiger partial charge in [-0.1, -0.05) is 62.4 Å². The van der Waals surface area contributed by atoms with E-state index in [0.29, 0.717) is 5.92 Å². The first kappa shape index (κ1) is 17.6. The van der Waals surface area contributed by atoms with Crippen molar-refractivity contribution >= 4 is 17.7 Å². The van der Waals surface area contributed by atoms with E-state index in [1.807, 2.05) is 55.5 Å². The van der Waals surface area contributed by atoms with Crippen LogP contribution in [0.3, 0.4) is 0 Å². The van der Waals surface area contributed by atoms with Gasteiger partial charge in [0.2, 0.25) is 5.91 Å². The molecule has 2 atom stereocenters. The lowest BCUT2D eigenvalue weighted by atomic mass is 9.97. The molecule has 0 bridgehead atoms. The third-order valence-corrected chi connectivity index (χ3v) is 4.76. The minimum absolute atomic E-state index is 0.0718. The zero-order chi connectivity index (χ0) is 16.7. The smallest absolute Gasteiger partial charge is 0.233 e. The number of carbonyl (C=O) groups excluding carboxylic acids is 1. The average Bonchev–Trinajstić information content (AvgIpc) is 2.55. The molecule has 0 aromatic heterocycles. The molecule has 3 heteroatoms. The van der Waals surface area contributed by atoms with E-state index in [2.05, 4.69) is 31.3 Å². The number of amides is 1. The summed E-state index contributed by atoms with van der Waals surface area (Å²) in [6.45, 7) is 6.33. The summed E-state index contributed by atoms with van der Waals surface area (Å²) in [4.78, 5) is 13.7. The zero-order valence-corrected chi connectivity index (χ0v) is 14.8. The van der Waals surface area contributed by atoms with Gasteiger partial charge in [-0.05, 0) is 37.0 Å². The maximum atomic E-state index is 12.6. The molecule has 2 nitrogen and oxygen atoms in total. The molecular formula is C20H25NOS. The third-order valence-electron chi connectivity index (χ3n) is 3.65. The Hall–Kier alpha value is -1.74. The normalized spacial score (nSPS) is 13.6. The maximum Gasteiger partial charge on any atom is 0.233 e. The van der Waals surface area contributed by atoms with E-state index in [1.54, 1.807) is 11.8 Å². The van der Waals surface area contributed by atoms with Gasteiger partial charge in [-0.15, -0.1) is 11.8 Å². The molecule has 0 aliphatic rings. The summed E-state index contributed by atoms with van der Waals surface area (Å²) in [6.07, 6.45) is 0.943. The second kappa shape index (κ2) is 8.78. The van der Waals surface area contributed by atoms with Crippen molar-refractivity contribution in [1.82, 2.24) is 5.32 Å². The van der Waals surface area contributed by atoms with Crippen LogP contribution in [-0.2, 0) is 4.79 Å². The molecule has 1 amide bonds. The Labute approximate surface area is 143 Å². The average molecular weight is 327 g/mol. The molecule has 1 N–H and O–H groups in total. The van der Waals surface area contributed by atoms with E-state index in [1.165, 1.54) is 5.56 Å². The van der Waals surface area contributed by atoms with Gasteiger partial charge in [-0.3, -0.25) is 4.79 Å². The maximum absolute atomic E-state index is 12.6. The summed E-state index contributed by atoms with van der Waals surface area (Å²) >= 11 is 1.60. The Morgan fingerprint density at radius 2 is 1.52 bits per heavy atom. The topological polar surface area (TPSA) is 29.1 Å². The Balaban J connectivity index is 2.02. The highest BCUT2D eigenvalue weighted by atomic mass is 32.2. The SMILES string of the molecule is CC(C)C[C@H](NC(=O)[C@@H](C)Sc1ccccc1)c1ccccc1. The Morgan fingerprint density at radius 1 is 0.957 bits per heavy atom. The highest BCUT2D eigenvalue weighted by molar-refractivity contribution is 8.00. The first-order valence-corrected chi connectivity index (χ1v) is 9.01. The zero-order valence-electron chi connectivity index (χ0n) is 14.0. The van der Waals surface area contributed by atoms with Crippen LogP contribution in [0.1, 0.15) is 38.8 Å². The molecule has 23 heavy (non-hydrogen) atoms. The molecular weight excluding hydrogens is 302 g/mol. The predicted molar refractivity (Wildman–Crippen MR) is 98.5 cm³/mol. The van der Waals surface area contributed by atoms with Gasteiger partial charge in [0.05, 0.1) is 11.3 Å². The Bertz CT molecular complexity index is 598. The summed E-state index contributed by atoms with van der Waals surface area (Å²) < 4.78 is 0. The van der Waals surface area contributed by atoms with Crippen LogP contribution in [0.15, 0.2) is 65.6 Å². The van der Waals surface area contributed by atoms with Crippen LogP contribution in [0, 0.1) is 5.92 Å². The Morgan fingerprint density at radius 3 is 2.09 bits per heavy atom. The molecule has 0 radical (unpaired) electrons. The fourth-order valence-corrected chi connectivity index (χ4v) is 3.38. The van der Waals surface area contributed by atoms with Crippen molar-refractivity contribution in [2.24, 2.45) is 5.92 Å². The molecule has 2 aromatic carbocycles. The summed E-state index contributed by atoms with van der Waals surface area (Å²) in [7, 11) is 0. The van der Waals surface area contributed by atoms with Gasteiger partial charge in [0, 0.05) is 4.90 Å². The van der Waals surface area contributed by atoms with Gasteiger partial charge in [-0.2, -0.15) is 0 Å². The van der Waals surface area contributed by atoms with Gasteiger partial charge in [0.25, 0.3) is 0 Å². The molecule has 2 rings (SSSR count). The molecule has 0 heterocycles. The summed E-state index contributed by atoms with van der Waals surface area (Å²) in [5.41, 5.74) is 1.17. The van der Waals surface area contributed by atoms with Crippen molar-refractivity contribution in [3.63, 3.8) is 0 Å². The van der Waals surface area contributed by atoms with E-state index in [0.717, 1.165) is 11.3 Å². The van der Waals surface area contributed by atoms with E-state index >= 15 is 0 Å². The second-order valence-electron chi connectivity index (χ2n) is 6.17. The van der Waals surface area contributed by atoms with E-state index < -0.39 is 0 Å². The lowest BCUT2D eigenvalue weighted by Gasteiger charge is -2.23. The monoisotopic (exact) mass is 327 g/mol. The second-order valence-corrected chi connectivity index (χ2v) is 7.59. The minimum Gasteiger partial charge on any atom is -0.348 e. The van der Waals surface area contributed by atoms with E-state index in [9.17, 15) is 4.79 Å². The number of benzene rings is 2. The van der Waals surface area contributed by atoms with Gasteiger partial charge in [-0.25, -0.2) is 0 Å². The van der Waals surface area contributed by atoms with Crippen molar-refractivity contribution in [2.75, 3.05) is 0 Å². The summed E-state index contributed by atoms with van der Waals surface area (Å²) in [5.74, 6) is 0.617. The largest absolute Gasteiger partial charge is 0.348 e. The quantitative estimate of drug-likeness (QED) is 0.719. The number of carbonyl (C=O) groups is 1. The number of thioether (sulfide) groups is 1. The highest BCUT2D eigenvalue weighted by Crippen LogP contribution is 2.25. The van der Waals surface area contributed by atoms with Crippen LogP contribution in [0.4, 0.5) is 0 Å². The van der Waals surface area contributed by atoms with Crippen molar-refractivity contribution in [2.45, 2.75) is 43.4 Å². The molecule has 0 aliphatic carbocycles. The highest BCUT2D eigenvalue weighted by Gasteiger charge is 2.20. The van der Waals surface area contributed by atoms with E-state index in [4.69, 9.17) is 0 Å². The summed E-state index contributed by atoms with van der Waals surface area (Å²) in [6, 6.07) is 20.4. The fourth-order valence-electron chi connectivity index (χ4n) is 2.48. The van der Waals surface area contributed by atoms with Gasteiger partial charge >= 0.3 is 0 Å².